The molecule has 148 valence electrons. The maximum Gasteiger partial charge on any atom is 0.256 e. The van der Waals surface area contributed by atoms with E-state index < -0.39 is 10.0 Å². The maximum absolute atomic E-state index is 12.6. The van der Waals surface area contributed by atoms with Gasteiger partial charge in [0.1, 0.15) is 5.82 Å². The fourth-order valence-corrected chi connectivity index (χ4v) is 4.38. The smallest absolute Gasteiger partial charge is 0.256 e. The van der Waals surface area contributed by atoms with Crippen LogP contribution in [0.1, 0.15) is 41.5 Å². The van der Waals surface area contributed by atoms with E-state index in [9.17, 15) is 13.2 Å². The van der Waals surface area contributed by atoms with E-state index in [2.05, 4.69) is 15.1 Å². The van der Waals surface area contributed by atoms with Gasteiger partial charge in [0.2, 0.25) is 10.0 Å². The van der Waals surface area contributed by atoms with E-state index in [1.54, 1.807) is 29.1 Å². The average molecular weight is 419 g/mol. The number of benzene rings is 1. The molecule has 2 N–H and O–H groups in total. The molecule has 2 aromatic heterocycles. The first kappa shape index (κ1) is 20.2. The molecule has 28 heavy (non-hydrogen) atoms. The minimum atomic E-state index is -3.72. The number of hydrogen-bond donors (Lipinski definition) is 2. The number of aromatic nitrogens is 2. The molecule has 7 nitrogen and oxygen atoms in total. The molecule has 1 atom stereocenters. The van der Waals surface area contributed by atoms with Crippen LogP contribution in [0.25, 0.3) is 0 Å². The molecular weight excluding hydrogens is 396 g/mol. The lowest BCUT2D eigenvalue weighted by molar-refractivity contribution is 0.102. The Bertz CT molecular complexity index is 1040. The summed E-state index contributed by atoms with van der Waals surface area (Å²) in [5.41, 5.74) is 0.260. The first-order valence-electron chi connectivity index (χ1n) is 8.87. The summed E-state index contributed by atoms with van der Waals surface area (Å²) in [4.78, 5) is 13.6. The van der Waals surface area contributed by atoms with Crippen molar-refractivity contribution in [2.45, 2.75) is 37.8 Å². The van der Waals surface area contributed by atoms with Crippen molar-refractivity contribution >= 4 is 33.1 Å². The fraction of sp³-hybridized carbons (Fsp3) is 0.263. The molecule has 2 heterocycles. The molecule has 1 aromatic carbocycles. The highest BCUT2D eigenvalue weighted by atomic mass is 32.2. The van der Waals surface area contributed by atoms with Gasteiger partial charge in [-0.1, -0.05) is 19.1 Å². The van der Waals surface area contributed by atoms with Crippen LogP contribution in [0.4, 0.5) is 5.82 Å². The minimum Gasteiger partial charge on any atom is -0.307 e. The van der Waals surface area contributed by atoms with Crippen LogP contribution in [-0.4, -0.2) is 24.1 Å². The van der Waals surface area contributed by atoms with Crippen LogP contribution in [0.3, 0.4) is 0 Å². The summed E-state index contributed by atoms with van der Waals surface area (Å²) < 4.78 is 29.4. The van der Waals surface area contributed by atoms with Crippen LogP contribution in [0.15, 0.2) is 58.9 Å². The normalized spacial score (nSPS) is 12.6. The summed E-state index contributed by atoms with van der Waals surface area (Å²) in [6.45, 7) is 4.26. The highest BCUT2D eigenvalue weighted by Gasteiger charge is 2.18. The minimum absolute atomic E-state index is 0.0483. The summed E-state index contributed by atoms with van der Waals surface area (Å²) in [5, 5.41) is 8.93. The monoisotopic (exact) mass is 418 g/mol. The van der Waals surface area contributed by atoms with Gasteiger partial charge in [0.05, 0.1) is 17.1 Å². The van der Waals surface area contributed by atoms with Gasteiger partial charge in [0.15, 0.2) is 0 Å². The zero-order valence-corrected chi connectivity index (χ0v) is 17.3. The van der Waals surface area contributed by atoms with Crippen molar-refractivity contribution < 1.29 is 13.2 Å². The van der Waals surface area contributed by atoms with E-state index in [0.29, 0.717) is 5.82 Å². The number of nitrogens with zero attached hydrogens (tertiary/aromatic N) is 2. The van der Waals surface area contributed by atoms with Crippen LogP contribution in [0.5, 0.6) is 0 Å². The van der Waals surface area contributed by atoms with E-state index >= 15 is 0 Å². The topological polar surface area (TPSA) is 93.1 Å². The molecule has 0 radical (unpaired) electrons. The summed E-state index contributed by atoms with van der Waals surface area (Å²) in [7, 11) is -3.72. The Morgan fingerprint density at radius 1 is 1.25 bits per heavy atom. The Morgan fingerprint density at radius 3 is 2.79 bits per heavy atom. The van der Waals surface area contributed by atoms with Gasteiger partial charge in [0, 0.05) is 23.1 Å². The number of nitrogens with one attached hydrogen (secondary N) is 2. The lowest BCUT2D eigenvalue weighted by atomic mass is 10.2. The van der Waals surface area contributed by atoms with Crippen molar-refractivity contribution in [1.82, 2.24) is 14.5 Å². The van der Waals surface area contributed by atoms with Crippen molar-refractivity contribution in [2.75, 3.05) is 5.32 Å². The van der Waals surface area contributed by atoms with Gasteiger partial charge < -0.3 is 5.32 Å². The number of carbonyl (C=O) groups is 1. The van der Waals surface area contributed by atoms with Gasteiger partial charge in [-0.2, -0.15) is 5.10 Å². The maximum atomic E-state index is 12.6. The summed E-state index contributed by atoms with van der Waals surface area (Å²) in [6, 6.07) is 11.6. The lowest BCUT2D eigenvalue weighted by Crippen LogP contribution is -2.23. The largest absolute Gasteiger partial charge is 0.307 e. The fourth-order valence-electron chi connectivity index (χ4n) is 2.59. The van der Waals surface area contributed by atoms with Crippen molar-refractivity contribution in [3.05, 3.63) is 64.5 Å². The van der Waals surface area contributed by atoms with E-state index in [1.807, 2.05) is 31.4 Å². The number of rotatable bonds is 8. The molecule has 1 amide bonds. The quantitative estimate of drug-likeness (QED) is 0.584. The zero-order valence-electron chi connectivity index (χ0n) is 15.6. The van der Waals surface area contributed by atoms with Crippen molar-refractivity contribution in [3.63, 3.8) is 0 Å². The number of sulfonamides is 1. The molecule has 0 aliphatic carbocycles. The second kappa shape index (κ2) is 8.68. The highest BCUT2D eigenvalue weighted by Crippen LogP contribution is 2.19. The van der Waals surface area contributed by atoms with Crippen LogP contribution >= 0.6 is 11.3 Å². The van der Waals surface area contributed by atoms with Crippen molar-refractivity contribution in [3.8, 4) is 0 Å². The van der Waals surface area contributed by atoms with Gasteiger partial charge in [-0.05, 0) is 43.0 Å². The third-order valence-corrected chi connectivity index (χ3v) is 6.62. The third-order valence-electron chi connectivity index (χ3n) is 4.34. The molecule has 1 unspecified atom stereocenters. The summed E-state index contributed by atoms with van der Waals surface area (Å²) in [6.07, 6.45) is 2.49. The molecule has 0 saturated carbocycles. The van der Waals surface area contributed by atoms with Crippen LogP contribution in [-0.2, 0) is 16.6 Å². The number of thiophene rings is 1. The Balaban J connectivity index is 1.75. The van der Waals surface area contributed by atoms with Gasteiger partial charge in [-0.3, -0.25) is 4.79 Å². The molecule has 3 aromatic rings. The lowest BCUT2D eigenvalue weighted by Gasteiger charge is -2.14. The standard InChI is InChI=1S/C19H22N4O3S2/c1-3-14(2)23-18(9-10-20-23)22-19(24)15-6-4-8-17(12-15)28(25,26)21-13-16-7-5-11-27-16/h4-12,14,21H,3,13H2,1-2H3,(H,22,24). The van der Waals surface area contributed by atoms with Crippen LogP contribution in [0, 0.1) is 0 Å². The number of anilines is 1. The molecule has 0 saturated heterocycles. The van der Waals surface area contributed by atoms with Gasteiger partial charge in [-0.15, -0.1) is 11.3 Å². The molecular formula is C19H22N4O3S2. The molecule has 9 heteroatoms. The Hall–Kier alpha value is -2.49. The second-order valence-corrected chi connectivity index (χ2v) is 9.10. The average Bonchev–Trinajstić information content (AvgIpc) is 3.38. The molecule has 0 bridgehead atoms. The van der Waals surface area contributed by atoms with Crippen molar-refractivity contribution in [2.24, 2.45) is 0 Å². The molecule has 0 aliphatic heterocycles. The van der Waals surface area contributed by atoms with E-state index in [1.165, 1.54) is 23.5 Å². The number of amides is 1. The summed E-state index contributed by atoms with van der Waals surface area (Å²) >= 11 is 1.48. The third kappa shape index (κ3) is 4.67. The van der Waals surface area contributed by atoms with E-state index in [-0.39, 0.29) is 29.0 Å². The van der Waals surface area contributed by atoms with Gasteiger partial charge >= 0.3 is 0 Å². The second-order valence-electron chi connectivity index (χ2n) is 6.30. The molecule has 0 fully saturated rings. The van der Waals surface area contributed by atoms with Crippen LogP contribution < -0.4 is 10.0 Å². The summed E-state index contributed by atoms with van der Waals surface area (Å²) in [5.74, 6) is 0.184. The number of carbonyl (C=O) groups excluding carboxylic acids is 1. The van der Waals surface area contributed by atoms with Gasteiger partial charge in [-0.25, -0.2) is 17.8 Å². The van der Waals surface area contributed by atoms with Crippen molar-refractivity contribution in [1.29, 1.82) is 0 Å². The SMILES string of the molecule is CCC(C)n1nccc1NC(=O)c1cccc(S(=O)(=O)NCc2cccs2)c1. The van der Waals surface area contributed by atoms with Crippen LogP contribution in [0.2, 0.25) is 0 Å². The predicted octanol–water partition coefficient (Wildman–Crippen LogP) is 3.65. The Morgan fingerprint density at radius 2 is 2.07 bits per heavy atom. The Kier molecular flexibility index (Phi) is 6.28. The van der Waals surface area contributed by atoms with E-state index in [4.69, 9.17) is 0 Å². The molecule has 3 rings (SSSR count). The molecule has 0 spiro atoms. The van der Waals surface area contributed by atoms with E-state index in [0.717, 1.165) is 11.3 Å². The Labute approximate surface area is 168 Å². The zero-order chi connectivity index (χ0) is 20.1. The first-order valence-corrected chi connectivity index (χ1v) is 11.2. The van der Waals surface area contributed by atoms with Gasteiger partial charge in [0.25, 0.3) is 5.91 Å². The predicted molar refractivity (Wildman–Crippen MR) is 110 cm³/mol. The molecule has 0 aliphatic rings. The highest BCUT2D eigenvalue weighted by molar-refractivity contribution is 7.89. The number of hydrogen-bond acceptors (Lipinski definition) is 5. The first-order chi connectivity index (χ1) is 13.4.